The van der Waals surface area contributed by atoms with Crippen molar-refractivity contribution in [2.24, 2.45) is 5.92 Å². The number of thiophene rings is 1. The van der Waals surface area contributed by atoms with E-state index in [0.29, 0.717) is 6.42 Å². The Morgan fingerprint density at radius 3 is 3.13 bits per heavy atom. The third-order valence-corrected chi connectivity index (χ3v) is 2.52. The molecule has 15 heavy (non-hydrogen) atoms. The Kier molecular flexibility index (Phi) is 4.72. The third-order valence-electron chi connectivity index (χ3n) is 1.74. The van der Waals surface area contributed by atoms with E-state index in [4.69, 9.17) is 5.11 Å². The summed E-state index contributed by atoms with van der Waals surface area (Å²) < 4.78 is 4.40. The zero-order chi connectivity index (χ0) is 11.1. The molecule has 4 heteroatoms. The van der Waals surface area contributed by atoms with Gasteiger partial charge in [-0.2, -0.15) is 0 Å². The zero-order valence-corrected chi connectivity index (χ0v) is 9.21. The summed E-state index contributed by atoms with van der Waals surface area (Å²) in [4.78, 5) is 11.1. The van der Waals surface area contributed by atoms with Crippen molar-refractivity contribution < 1.29 is 14.6 Å². The maximum absolute atomic E-state index is 10.1. The normalized spacial score (nSPS) is 11.3. The molecule has 0 amide bonds. The molecule has 1 heterocycles. The summed E-state index contributed by atoms with van der Waals surface area (Å²) in [5.41, 5.74) is 0. The summed E-state index contributed by atoms with van der Waals surface area (Å²) in [6.45, 7) is 2.15. The summed E-state index contributed by atoms with van der Waals surface area (Å²) in [7, 11) is 0. The fraction of sp³-hybridized carbons (Fsp3) is 0.364. The summed E-state index contributed by atoms with van der Waals surface area (Å²) >= 11 is 1.59. The van der Waals surface area contributed by atoms with E-state index in [0.717, 1.165) is 4.88 Å². The minimum absolute atomic E-state index is 0.145. The molecule has 3 nitrogen and oxygen atoms in total. The van der Waals surface area contributed by atoms with Crippen LogP contribution < -0.4 is 0 Å². The van der Waals surface area contributed by atoms with Crippen LogP contribution in [0, 0.1) is 17.8 Å². The van der Waals surface area contributed by atoms with Crippen LogP contribution in [-0.4, -0.2) is 17.9 Å². The molecule has 0 spiro atoms. The van der Waals surface area contributed by atoms with E-state index < -0.39 is 6.16 Å². The zero-order valence-electron chi connectivity index (χ0n) is 8.40. The first-order chi connectivity index (χ1) is 7.18. The Morgan fingerprint density at radius 1 is 1.73 bits per heavy atom. The van der Waals surface area contributed by atoms with Crippen molar-refractivity contribution in [3.63, 3.8) is 0 Å². The lowest BCUT2D eigenvalue weighted by molar-refractivity contribution is 0.0887. The Morgan fingerprint density at radius 2 is 2.53 bits per heavy atom. The van der Waals surface area contributed by atoms with E-state index in [-0.39, 0.29) is 12.5 Å². The fourth-order valence-corrected chi connectivity index (χ4v) is 1.52. The van der Waals surface area contributed by atoms with E-state index in [2.05, 4.69) is 16.6 Å². The maximum Gasteiger partial charge on any atom is 0.505 e. The highest BCUT2D eigenvalue weighted by Gasteiger charge is 2.00. The van der Waals surface area contributed by atoms with Crippen molar-refractivity contribution in [1.29, 1.82) is 0 Å². The van der Waals surface area contributed by atoms with E-state index in [1.807, 2.05) is 24.4 Å². The fourth-order valence-electron chi connectivity index (χ4n) is 0.939. The summed E-state index contributed by atoms with van der Waals surface area (Å²) in [6, 6.07) is 3.91. The van der Waals surface area contributed by atoms with Gasteiger partial charge in [-0.05, 0) is 17.9 Å². The van der Waals surface area contributed by atoms with Crippen molar-refractivity contribution in [3.05, 3.63) is 22.4 Å². The van der Waals surface area contributed by atoms with Gasteiger partial charge in [0.2, 0.25) is 0 Å². The molecule has 80 valence electrons. The second kappa shape index (κ2) is 6.10. The predicted octanol–water partition coefficient (Wildman–Crippen LogP) is 2.82. The van der Waals surface area contributed by atoms with E-state index in [1.165, 1.54) is 0 Å². The first-order valence-corrected chi connectivity index (χ1v) is 5.47. The molecule has 1 aromatic heterocycles. The number of hydrogen-bond acceptors (Lipinski definition) is 3. The van der Waals surface area contributed by atoms with E-state index in [1.54, 1.807) is 11.3 Å². The van der Waals surface area contributed by atoms with Gasteiger partial charge >= 0.3 is 6.16 Å². The number of hydrogen-bond donors (Lipinski definition) is 1. The minimum Gasteiger partial charge on any atom is -0.450 e. The lowest BCUT2D eigenvalue weighted by Crippen LogP contribution is -2.04. The topological polar surface area (TPSA) is 46.5 Å². The smallest absolute Gasteiger partial charge is 0.450 e. The van der Waals surface area contributed by atoms with Crippen molar-refractivity contribution in [2.45, 2.75) is 13.3 Å². The predicted molar refractivity (Wildman–Crippen MR) is 59.0 cm³/mol. The first kappa shape index (κ1) is 11.6. The Hall–Kier alpha value is -1.47. The molecule has 1 N–H and O–H groups in total. The molecule has 0 aliphatic rings. The highest BCUT2D eigenvalue weighted by Crippen LogP contribution is 2.07. The molecule has 0 fully saturated rings. The molecule has 0 aromatic carbocycles. The van der Waals surface area contributed by atoms with Gasteiger partial charge in [-0.1, -0.05) is 24.8 Å². The number of rotatable bonds is 3. The van der Waals surface area contributed by atoms with Crippen LogP contribution in [0.15, 0.2) is 17.5 Å². The van der Waals surface area contributed by atoms with Crippen LogP contribution in [0.3, 0.4) is 0 Å². The van der Waals surface area contributed by atoms with Crippen LogP contribution in [0.2, 0.25) is 0 Å². The molecule has 1 unspecified atom stereocenters. The Bertz CT molecular complexity index is 359. The van der Waals surface area contributed by atoms with Crippen LogP contribution in [0.25, 0.3) is 0 Å². The van der Waals surface area contributed by atoms with Crippen molar-refractivity contribution in [3.8, 4) is 11.8 Å². The molecular formula is C11H12O3S. The van der Waals surface area contributed by atoms with Gasteiger partial charge in [-0.15, -0.1) is 11.3 Å². The number of carboxylic acid groups (broad SMARTS) is 1. The monoisotopic (exact) mass is 224 g/mol. The number of ether oxygens (including phenoxy) is 1. The van der Waals surface area contributed by atoms with Crippen LogP contribution in [-0.2, 0) is 4.74 Å². The van der Waals surface area contributed by atoms with Gasteiger partial charge in [-0.3, -0.25) is 0 Å². The van der Waals surface area contributed by atoms with Crippen LogP contribution in [0.5, 0.6) is 0 Å². The third kappa shape index (κ3) is 5.08. The van der Waals surface area contributed by atoms with E-state index >= 15 is 0 Å². The van der Waals surface area contributed by atoms with Gasteiger partial charge in [0.05, 0.1) is 11.5 Å². The first-order valence-electron chi connectivity index (χ1n) is 4.59. The summed E-state index contributed by atoms with van der Waals surface area (Å²) in [5.74, 6) is 6.22. The van der Waals surface area contributed by atoms with Gasteiger partial charge < -0.3 is 9.84 Å². The van der Waals surface area contributed by atoms with Gasteiger partial charge in [0.15, 0.2) is 0 Å². The van der Waals surface area contributed by atoms with Gasteiger partial charge in [-0.25, -0.2) is 4.79 Å². The summed E-state index contributed by atoms with van der Waals surface area (Å²) in [6.07, 6.45) is -0.599. The average Bonchev–Trinajstić information content (AvgIpc) is 2.66. The molecule has 0 aliphatic heterocycles. The van der Waals surface area contributed by atoms with Crippen LogP contribution >= 0.6 is 11.3 Å². The molecule has 1 rings (SSSR count). The second-order valence-electron chi connectivity index (χ2n) is 3.05. The average molecular weight is 224 g/mol. The standard InChI is InChI=1S/C11H12O3S/c1-9(6-7-14-11(12)13)4-5-10-3-2-8-15-10/h2-3,8-9H,6-7H2,1H3,(H,12,13). The largest absolute Gasteiger partial charge is 0.505 e. The number of carbonyl (C=O) groups is 1. The molecule has 0 aliphatic carbocycles. The molecular weight excluding hydrogens is 212 g/mol. The maximum atomic E-state index is 10.1. The Labute approximate surface area is 92.7 Å². The van der Waals surface area contributed by atoms with Crippen molar-refractivity contribution >= 4 is 17.5 Å². The molecule has 0 radical (unpaired) electrons. The lowest BCUT2D eigenvalue weighted by atomic mass is 10.1. The highest BCUT2D eigenvalue weighted by atomic mass is 32.1. The van der Waals surface area contributed by atoms with E-state index in [9.17, 15) is 4.79 Å². The Balaban J connectivity index is 2.29. The van der Waals surface area contributed by atoms with Crippen LogP contribution in [0.4, 0.5) is 4.79 Å². The van der Waals surface area contributed by atoms with Gasteiger partial charge in [0.1, 0.15) is 0 Å². The van der Waals surface area contributed by atoms with Crippen molar-refractivity contribution in [1.82, 2.24) is 0 Å². The molecule has 0 saturated carbocycles. The lowest BCUT2D eigenvalue weighted by Gasteiger charge is -2.02. The van der Waals surface area contributed by atoms with Gasteiger partial charge in [0, 0.05) is 5.92 Å². The quantitative estimate of drug-likeness (QED) is 0.634. The second-order valence-corrected chi connectivity index (χ2v) is 4.00. The SMILES string of the molecule is CC(C#Cc1cccs1)CCOC(=O)O. The molecule has 1 aromatic rings. The van der Waals surface area contributed by atoms with Crippen LogP contribution in [0.1, 0.15) is 18.2 Å². The van der Waals surface area contributed by atoms with Crippen molar-refractivity contribution in [2.75, 3.05) is 6.61 Å². The molecule has 1 atom stereocenters. The highest BCUT2D eigenvalue weighted by molar-refractivity contribution is 7.10. The molecule has 0 saturated heterocycles. The minimum atomic E-state index is -1.23. The summed E-state index contributed by atoms with van der Waals surface area (Å²) in [5, 5.41) is 10.2. The molecule has 0 bridgehead atoms. The van der Waals surface area contributed by atoms with Gasteiger partial charge in [0.25, 0.3) is 0 Å².